The minimum absolute atomic E-state index is 0.0364. The normalized spacial score (nSPS) is 17.0. The molecular weight excluding hydrogens is 339 g/mol. The average molecular weight is 357 g/mol. The fourth-order valence-electron chi connectivity index (χ4n) is 3.48. The van der Waals surface area contributed by atoms with Crippen LogP contribution in [0.5, 0.6) is 0 Å². The second-order valence-corrected chi connectivity index (χ2v) is 6.57. The molecule has 0 radical (unpaired) electrons. The third kappa shape index (κ3) is 3.19. The van der Waals surface area contributed by atoms with Gasteiger partial charge in [0.05, 0.1) is 5.39 Å². The first-order valence-corrected chi connectivity index (χ1v) is 8.59. The molecule has 0 saturated carbocycles. The molecule has 0 spiro atoms. The summed E-state index contributed by atoms with van der Waals surface area (Å²) < 4.78 is 41.1. The summed E-state index contributed by atoms with van der Waals surface area (Å²) in [6, 6.07) is 10.3. The smallest absolute Gasteiger partial charge is 0.149 e. The van der Waals surface area contributed by atoms with E-state index in [0.717, 1.165) is 37.3 Å². The molecule has 1 aliphatic rings. The first-order valence-electron chi connectivity index (χ1n) is 8.59. The molecule has 1 saturated heterocycles. The van der Waals surface area contributed by atoms with E-state index in [4.69, 9.17) is 0 Å². The summed E-state index contributed by atoms with van der Waals surface area (Å²) in [4.78, 5) is 6.15. The van der Waals surface area contributed by atoms with E-state index in [-0.39, 0.29) is 16.7 Å². The lowest BCUT2D eigenvalue weighted by Gasteiger charge is -2.19. The van der Waals surface area contributed by atoms with Crippen molar-refractivity contribution >= 4 is 22.3 Å². The average Bonchev–Trinajstić information content (AvgIpc) is 3.12. The van der Waals surface area contributed by atoms with E-state index in [0.29, 0.717) is 18.2 Å². The van der Waals surface area contributed by atoms with Gasteiger partial charge < -0.3 is 10.2 Å². The summed E-state index contributed by atoms with van der Waals surface area (Å²) in [5, 5.41) is 3.43. The highest BCUT2D eigenvalue weighted by Crippen LogP contribution is 2.28. The number of pyridine rings is 1. The van der Waals surface area contributed by atoms with E-state index in [1.807, 2.05) is 0 Å². The molecule has 0 bridgehead atoms. The molecule has 0 amide bonds. The lowest BCUT2D eigenvalue weighted by molar-refractivity contribution is 0.613. The maximum absolute atomic E-state index is 14.2. The van der Waals surface area contributed by atoms with E-state index in [2.05, 4.69) is 15.2 Å². The minimum atomic E-state index is -0.534. The zero-order valence-corrected chi connectivity index (χ0v) is 14.1. The predicted molar refractivity (Wildman–Crippen MR) is 96.9 cm³/mol. The molecule has 1 atom stereocenters. The SMILES string of the molecule is Fc1ccc(N2CCC(CNc3ccnc4c(F)ccc(F)c34)C2)cc1. The third-order valence-electron chi connectivity index (χ3n) is 4.85. The van der Waals surface area contributed by atoms with Crippen LogP contribution in [0.3, 0.4) is 0 Å². The number of hydrogen-bond donors (Lipinski definition) is 1. The molecule has 1 N–H and O–H groups in total. The van der Waals surface area contributed by atoms with Crippen molar-refractivity contribution in [3.05, 3.63) is 66.1 Å². The molecule has 1 aliphatic heterocycles. The van der Waals surface area contributed by atoms with Gasteiger partial charge in [0.15, 0.2) is 0 Å². The fourth-order valence-corrected chi connectivity index (χ4v) is 3.48. The largest absolute Gasteiger partial charge is 0.384 e. The van der Waals surface area contributed by atoms with E-state index in [1.165, 1.54) is 18.3 Å². The summed E-state index contributed by atoms with van der Waals surface area (Å²) in [6.45, 7) is 2.36. The second kappa shape index (κ2) is 6.86. The number of anilines is 2. The van der Waals surface area contributed by atoms with Gasteiger partial charge in [-0.3, -0.25) is 4.98 Å². The van der Waals surface area contributed by atoms with Crippen LogP contribution in [0.15, 0.2) is 48.7 Å². The highest BCUT2D eigenvalue weighted by molar-refractivity contribution is 5.91. The maximum Gasteiger partial charge on any atom is 0.149 e. The Hall–Kier alpha value is -2.76. The van der Waals surface area contributed by atoms with E-state index >= 15 is 0 Å². The third-order valence-corrected chi connectivity index (χ3v) is 4.85. The van der Waals surface area contributed by atoms with Crippen molar-refractivity contribution in [1.29, 1.82) is 0 Å². The Morgan fingerprint density at radius 2 is 1.77 bits per heavy atom. The van der Waals surface area contributed by atoms with Gasteiger partial charge in [-0.25, -0.2) is 13.2 Å². The van der Waals surface area contributed by atoms with Gasteiger partial charge in [0.1, 0.15) is 23.0 Å². The molecule has 4 rings (SSSR count). The first-order chi connectivity index (χ1) is 12.6. The Morgan fingerprint density at radius 3 is 2.58 bits per heavy atom. The fraction of sp³-hybridized carbons (Fsp3) is 0.250. The number of fused-ring (bicyclic) bond motifs is 1. The lowest BCUT2D eigenvalue weighted by Crippen LogP contribution is -2.22. The summed E-state index contributed by atoms with van der Waals surface area (Å²) >= 11 is 0. The monoisotopic (exact) mass is 357 g/mol. The van der Waals surface area contributed by atoms with Gasteiger partial charge in [0, 0.05) is 37.2 Å². The molecule has 26 heavy (non-hydrogen) atoms. The molecule has 1 unspecified atom stereocenters. The van der Waals surface area contributed by atoms with Crippen LogP contribution in [-0.2, 0) is 0 Å². The molecule has 2 heterocycles. The van der Waals surface area contributed by atoms with Crippen LogP contribution in [-0.4, -0.2) is 24.6 Å². The molecular formula is C20H18F3N3. The van der Waals surface area contributed by atoms with Crippen LogP contribution >= 0.6 is 0 Å². The summed E-state index contributed by atoms with van der Waals surface area (Å²) in [6.07, 6.45) is 2.46. The van der Waals surface area contributed by atoms with Gasteiger partial charge in [-0.2, -0.15) is 0 Å². The molecule has 134 valence electrons. The molecule has 6 heteroatoms. The topological polar surface area (TPSA) is 28.2 Å². The summed E-state index contributed by atoms with van der Waals surface area (Å²) in [5.74, 6) is -0.908. The van der Waals surface area contributed by atoms with Gasteiger partial charge >= 0.3 is 0 Å². The maximum atomic E-state index is 14.2. The van der Waals surface area contributed by atoms with Crippen molar-refractivity contribution in [2.45, 2.75) is 6.42 Å². The van der Waals surface area contributed by atoms with E-state index in [9.17, 15) is 13.2 Å². The molecule has 2 aromatic carbocycles. The molecule has 0 aliphatic carbocycles. The number of nitrogens with one attached hydrogen (secondary N) is 1. The molecule has 1 fully saturated rings. The number of halogens is 3. The van der Waals surface area contributed by atoms with Gasteiger partial charge in [0.25, 0.3) is 0 Å². The van der Waals surface area contributed by atoms with Crippen molar-refractivity contribution in [1.82, 2.24) is 4.98 Å². The van der Waals surface area contributed by atoms with Crippen LogP contribution in [0.2, 0.25) is 0 Å². The summed E-state index contributed by atoms with van der Waals surface area (Å²) in [5.41, 5.74) is 1.58. The quantitative estimate of drug-likeness (QED) is 0.740. The van der Waals surface area contributed by atoms with Gasteiger partial charge in [0.2, 0.25) is 0 Å². The number of aromatic nitrogens is 1. The Morgan fingerprint density at radius 1 is 1.00 bits per heavy atom. The number of hydrogen-bond acceptors (Lipinski definition) is 3. The second-order valence-electron chi connectivity index (χ2n) is 6.57. The Bertz CT molecular complexity index is 927. The minimum Gasteiger partial charge on any atom is -0.384 e. The van der Waals surface area contributed by atoms with Crippen LogP contribution in [0.1, 0.15) is 6.42 Å². The zero-order valence-electron chi connectivity index (χ0n) is 14.1. The van der Waals surface area contributed by atoms with E-state index < -0.39 is 11.6 Å². The van der Waals surface area contributed by atoms with E-state index in [1.54, 1.807) is 18.2 Å². The Balaban J connectivity index is 1.46. The molecule has 1 aromatic heterocycles. The first kappa shape index (κ1) is 16.7. The van der Waals surface area contributed by atoms with Crippen molar-refractivity contribution < 1.29 is 13.2 Å². The highest BCUT2D eigenvalue weighted by atomic mass is 19.1. The summed E-state index contributed by atoms with van der Waals surface area (Å²) in [7, 11) is 0. The molecule has 3 aromatic rings. The standard InChI is InChI=1S/C20H18F3N3/c21-14-1-3-15(4-2-14)26-10-8-13(12-26)11-25-18-7-9-24-20-17(23)6-5-16(22)19(18)20/h1-7,9,13H,8,10-12H2,(H,24,25). The number of rotatable bonds is 4. The Labute approximate surface area is 149 Å². The van der Waals surface area contributed by atoms with Crippen LogP contribution in [0, 0.1) is 23.4 Å². The Kier molecular flexibility index (Phi) is 4.41. The highest BCUT2D eigenvalue weighted by Gasteiger charge is 2.23. The van der Waals surface area contributed by atoms with Crippen LogP contribution in [0.4, 0.5) is 24.5 Å². The molecule has 3 nitrogen and oxygen atoms in total. The number of nitrogens with zero attached hydrogens (tertiary/aromatic N) is 2. The zero-order chi connectivity index (χ0) is 18.1. The van der Waals surface area contributed by atoms with Crippen molar-refractivity contribution in [2.75, 3.05) is 29.9 Å². The van der Waals surface area contributed by atoms with Crippen LogP contribution in [0.25, 0.3) is 10.9 Å². The van der Waals surface area contributed by atoms with Crippen molar-refractivity contribution in [3.8, 4) is 0 Å². The predicted octanol–water partition coefficient (Wildman–Crippen LogP) is 4.59. The van der Waals surface area contributed by atoms with Gasteiger partial charge in [-0.1, -0.05) is 0 Å². The van der Waals surface area contributed by atoms with Gasteiger partial charge in [-0.05, 0) is 54.8 Å². The lowest BCUT2D eigenvalue weighted by atomic mass is 10.1. The van der Waals surface area contributed by atoms with Gasteiger partial charge in [-0.15, -0.1) is 0 Å². The van der Waals surface area contributed by atoms with Crippen LogP contribution < -0.4 is 10.2 Å². The number of benzene rings is 2. The van der Waals surface area contributed by atoms with Crippen molar-refractivity contribution in [3.63, 3.8) is 0 Å². The van der Waals surface area contributed by atoms with Crippen molar-refractivity contribution in [2.24, 2.45) is 5.92 Å².